The van der Waals surface area contributed by atoms with Gasteiger partial charge in [-0.1, -0.05) is 31.9 Å². The van der Waals surface area contributed by atoms with E-state index in [1.165, 1.54) is 18.4 Å². The lowest BCUT2D eigenvalue weighted by Crippen LogP contribution is -1.91. The van der Waals surface area contributed by atoms with Gasteiger partial charge in [0, 0.05) is 5.25 Å². The Labute approximate surface area is 91.9 Å². The number of benzene rings is 1. The van der Waals surface area contributed by atoms with Crippen LogP contribution in [0.15, 0.2) is 24.3 Å². The largest absolute Gasteiger partial charge is 0.497 e. The summed E-state index contributed by atoms with van der Waals surface area (Å²) in [4.78, 5) is 0. The van der Waals surface area contributed by atoms with Crippen molar-refractivity contribution >= 4 is 12.6 Å². The fourth-order valence-electron chi connectivity index (χ4n) is 1.39. The van der Waals surface area contributed by atoms with Crippen LogP contribution in [0.1, 0.15) is 37.0 Å². The van der Waals surface area contributed by atoms with Gasteiger partial charge in [-0.05, 0) is 24.1 Å². The van der Waals surface area contributed by atoms with E-state index in [1.54, 1.807) is 7.11 Å². The molecule has 0 N–H and O–H groups in total. The smallest absolute Gasteiger partial charge is 0.118 e. The van der Waals surface area contributed by atoms with Crippen LogP contribution in [0.2, 0.25) is 0 Å². The first-order valence-electron chi connectivity index (χ1n) is 5.10. The molecule has 0 spiro atoms. The Balaban J connectivity index is 2.57. The highest BCUT2D eigenvalue weighted by Crippen LogP contribution is 2.26. The van der Waals surface area contributed by atoms with E-state index >= 15 is 0 Å². The van der Waals surface area contributed by atoms with Crippen LogP contribution in [0.5, 0.6) is 5.75 Å². The second-order valence-corrected chi connectivity index (χ2v) is 4.05. The normalized spacial score (nSPS) is 12.5. The second kappa shape index (κ2) is 5.97. The Hall–Kier alpha value is -0.630. The van der Waals surface area contributed by atoms with Gasteiger partial charge in [0.1, 0.15) is 5.75 Å². The van der Waals surface area contributed by atoms with E-state index in [2.05, 4.69) is 31.7 Å². The van der Waals surface area contributed by atoms with Crippen molar-refractivity contribution in [3.8, 4) is 5.75 Å². The molecular formula is C12H18OS. The molecule has 0 aliphatic carbocycles. The molecule has 0 aromatic heterocycles. The minimum atomic E-state index is 0.362. The Bertz CT molecular complexity index is 256. The maximum Gasteiger partial charge on any atom is 0.118 e. The molecule has 0 amide bonds. The molecule has 1 nitrogen and oxygen atoms in total. The molecule has 0 saturated carbocycles. The highest BCUT2D eigenvalue weighted by atomic mass is 32.1. The molecule has 0 fully saturated rings. The maximum absolute atomic E-state index is 5.11. The number of rotatable bonds is 5. The molecule has 1 aromatic rings. The molecule has 78 valence electrons. The number of methoxy groups -OCH3 is 1. The summed E-state index contributed by atoms with van der Waals surface area (Å²) in [5.74, 6) is 0.907. The molecule has 1 aromatic carbocycles. The van der Waals surface area contributed by atoms with Gasteiger partial charge in [0.2, 0.25) is 0 Å². The van der Waals surface area contributed by atoms with Crippen molar-refractivity contribution in [2.24, 2.45) is 0 Å². The summed E-state index contributed by atoms with van der Waals surface area (Å²) >= 11 is 4.58. The summed E-state index contributed by atoms with van der Waals surface area (Å²) in [6.45, 7) is 2.20. The summed E-state index contributed by atoms with van der Waals surface area (Å²) in [5, 5.41) is 0.362. The summed E-state index contributed by atoms with van der Waals surface area (Å²) in [5.41, 5.74) is 1.28. The Kier molecular flexibility index (Phi) is 4.88. The van der Waals surface area contributed by atoms with E-state index in [1.807, 2.05) is 12.1 Å². The third kappa shape index (κ3) is 3.26. The molecule has 0 saturated heterocycles. The Morgan fingerprint density at radius 3 is 2.43 bits per heavy atom. The highest BCUT2D eigenvalue weighted by molar-refractivity contribution is 7.80. The standard InChI is InChI=1S/C12H18OS/c1-3-4-5-12(14)10-6-8-11(13-2)9-7-10/h6-9,12,14H,3-5H2,1-2H3. The summed E-state index contributed by atoms with van der Waals surface area (Å²) in [6.07, 6.45) is 3.61. The van der Waals surface area contributed by atoms with Crippen molar-refractivity contribution in [1.29, 1.82) is 0 Å². The number of hydrogen-bond donors (Lipinski definition) is 1. The van der Waals surface area contributed by atoms with E-state index in [0.29, 0.717) is 5.25 Å². The van der Waals surface area contributed by atoms with Crippen LogP contribution in [0.3, 0.4) is 0 Å². The predicted octanol–water partition coefficient (Wildman–Crippen LogP) is 3.86. The average Bonchev–Trinajstić information content (AvgIpc) is 2.26. The minimum absolute atomic E-state index is 0.362. The molecule has 0 radical (unpaired) electrons. The van der Waals surface area contributed by atoms with Crippen molar-refractivity contribution < 1.29 is 4.74 Å². The van der Waals surface area contributed by atoms with Crippen LogP contribution >= 0.6 is 12.6 Å². The van der Waals surface area contributed by atoms with Crippen LogP contribution in [0.4, 0.5) is 0 Å². The van der Waals surface area contributed by atoms with E-state index in [9.17, 15) is 0 Å². The molecular weight excluding hydrogens is 192 g/mol. The molecule has 1 unspecified atom stereocenters. The van der Waals surface area contributed by atoms with Crippen LogP contribution < -0.4 is 4.74 Å². The zero-order valence-electron chi connectivity index (χ0n) is 8.86. The first-order chi connectivity index (χ1) is 6.77. The van der Waals surface area contributed by atoms with Gasteiger partial charge in [-0.3, -0.25) is 0 Å². The predicted molar refractivity (Wildman–Crippen MR) is 64.2 cm³/mol. The van der Waals surface area contributed by atoms with Gasteiger partial charge in [0.05, 0.1) is 7.11 Å². The lowest BCUT2D eigenvalue weighted by atomic mass is 10.1. The third-order valence-corrected chi connectivity index (χ3v) is 2.89. The second-order valence-electron chi connectivity index (χ2n) is 3.43. The minimum Gasteiger partial charge on any atom is -0.497 e. The first kappa shape index (κ1) is 11.4. The van der Waals surface area contributed by atoms with Gasteiger partial charge in [-0.2, -0.15) is 12.6 Å². The van der Waals surface area contributed by atoms with Gasteiger partial charge in [-0.15, -0.1) is 0 Å². The van der Waals surface area contributed by atoms with Crippen LogP contribution in [-0.2, 0) is 0 Å². The average molecular weight is 210 g/mol. The molecule has 0 heterocycles. The van der Waals surface area contributed by atoms with Gasteiger partial charge >= 0.3 is 0 Å². The lowest BCUT2D eigenvalue weighted by Gasteiger charge is -2.10. The zero-order chi connectivity index (χ0) is 10.4. The zero-order valence-corrected chi connectivity index (χ0v) is 9.76. The van der Waals surface area contributed by atoms with E-state index in [4.69, 9.17) is 4.74 Å². The monoisotopic (exact) mass is 210 g/mol. The molecule has 1 atom stereocenters. The fourth-order valence-corrected chi connectivity index (χ4v) is 1.74. The fraction of sp³-hybridized carbons (Fsp3) is 0.500. The number of thiol groups is 1. The molecule has 0 aliphatic rings. The topological polar surface area (TPSA) is 9.23 Å². The van der Waals surface area contributed by atoms with Crippen molar-refractivity contribution in [2.45, 2.75) is 31.4 Å². The van der Waals surface area contributed by atoms with Gasteiger partial charge < -0.3 is 4.74 Å². The summed E-state index contributed by atoms with van der Waals surface area (Å²) in [6, 6.07) is 8.16. The molecule has 2 heteroatoms. The number of ether oxygens (including phenoxy) is 1. The molecule has 1 rings (SSSR count). The van der Waals surface area contributed by atoms with Gasteiger partial charge in [-0.25, -0.2) is 0 Å². The van der Waals surface area contributed by atoms with Gasteiger partial charge in [0.25, 0.3) is 0 Å². The SMILES string of the molecule is CCCCC(S)c1ccc(OC)cc1. The highest BCUT2D eigenvalue weighted by Gasteiger charge is 2.05. The third-order valence-electron chi connectivity index (χ3n) is 2.33. The quantitative estimate of drug-likeness (QED) is 0.726. The van der Waals surface area contributed by atoms with Crippen molar-refractivity contribution in [2.75, 3.05) is 7.11 Å². The first-order valence-corrected chi connectivity index (χ1v) is 5.61. The van der Waals surface area contributed by atoms with Crippen molar-refractivity contribution in [3.63, 3.8) is 0 Å². The summed E-state index contributed by atoms with van der Waals surface area (Å²) in [7, 11) is 1.68. The van der Waals surface area contributed by atoms with E-state index in [-0.39, 0.29) is 0 Å². The number of hydrogen-bond acceptors (Lipinski definition) is 2. The lowest BCUT2D eigenvalue weighted by molar-refractivity contribution is 0.414. The Morgan fingerprint density at radius 2 is 1.93 bits per heavy atom. The molecule has 14 heavy (non-hydrogen) atoms. The molecule has 0 bridgehead atoms. The van der Waals surface area contributed by atoms with E-state index in [0.717, 1.165) is 12.2 Å². The maximum atomic E-state index is 5.11. The molecule has 0 aliphatic heterocycles. The Morgan fingerprint density at radius 1 is 1.29 bits per heavy atom. The van der Waals surface area contributed by atoms with E-state index < -0.39 is 0 Å². The van der Waals surface area contributed by atoms with Gasteiger partial charge in [0.15, 0.2) is 0 Å². The van der Waals surface area contributed by atoms with Crippen LogP contribution in [0, 0.1) is 0 Å². The number of unbranched alkanes of at least 4 members (excludes halogenated alkanes) is 1. The van der Waals surface area contributed by atoms with Crippen LogP contribution in [0.25, 0.3) is 0 Å². The summed E-state index contributed by atoms with van der Waals surface area (Å²) < 4.78 is 5.11. The van der Waals surface area contributed by atoms with Crippen molar-refractivity contribution in [1.82, 2.24) is 0 Å². The van der Waals surface area contributed by atoms with Crippen LogP contribution in [-0.4, -0.2) is 7.11 Å². The van der Waals surface area contributed by atoms with Crippen molar-refractivity contribution in [3.05, 3.63) is 29.8 Å².